The summed E-state index contributed by atoms with van der Waals surface area (Å²) >= 11 is 0. The summed E-state index contributed by atoms with van der Waals surface area (Å²) in [5, 5.41) is 11.9. The minimum Gasteiger partial charge on any atom is -0.336 e. The molecular weight excluding hydrogens is 272 g/mol. The molecule has 108 valence electrons. The molecule has 3 N–H and O–H groups in total. The van der Waals surface area contributed by atoms with Crippen molar-refractivity contribution < 1.29 is 9.59 Å². The van der Waals surface area contributed by atoms with Crippen molar-refractivity contribution >= 4 is 23.3 Å². The maximum Gasteiger partial charge on any atom is 0.321 e. The zero-order valence-electron chi connectivity index (χ0n) is 11.4. The third kappa shape index (κ3) is 2.69. The summed E-state index contributed by atoms with van der Waals surface area (Å²) in [6.07, 6.45) is 0. The van der Waals surface area contributed by atoms with Gasteiger partial charge in [-0.15, -0.1) is 5.10 Å². The molecule has 0 aliphatic carbocycles. The Bertz CT molecular complexity index is 695. The second kappa shape index (κ2) is 5.23. The normalized spacial score (nSPS) is 14.1. The highest BCUT2D eigenvalue weighted by atomic mass is 16.2. The van der Waals surface area contributed by atoms with E-state index in [4.69, 9.17) is 0 Å². The lowest BCUT2D eigenvalue weighted by Crippen LogP contribution is -2.27. The molecule has 3 amide bonds. The van der Waals surface area contributed by atoms with E-state index >= 15 is 0 Å². The number of nitrogens with zero attached hydrogens (tertiary/aromatic N) is 3. The Morgan fingerprint density at radius 2 is 2.29 bits per heavy atom. The van der Waals surface area contributed by atoms with Crippen LogP contribution in [0.15, 0.2) is 24.3 Å². The smallest absolute Gasteiger partial charge is 0.321 e. The zero-order chi connectivity index (χ0) is 14.8. The summed E-state index contributed by atoms with van der Waals surface area (Å²) in [6.45, 7) is 2.94. The quantitative estimate of drug-likeness (QED) is 0.779. The predicted octanol–water partition coefficient (Wildman–Crippen LogP) is 0.895. The van der Waals surface area contributed by atoms with Crippen LogP contribution in [0.3, 0.4) is 0 Å². The van der Waals surface area contributed by atoms with E-state index in [9.17, 15) is 9.59 Å². The number of hydrogen-bond acceptors (Lipinski definition) is 4. The highest BCUT2D eigenvalue weighted by Crippen LogP contribution is 2.21. The summed E-state index contributed by atoms with van der Waals surface area (Å²) in [5.74, 6) is 0.252. The maximum absolute atomic E-state index is 12.0. The number of aromatic amines is 1. The molecule has 0 spiro atoms. The molecule has 8 heteroatoms. The number of amides is 3. The Kier molecular flexibility index (Phi) is 3.27. The molecule has 1 saturated heterocycles. The third-order valence-electron chi connectivity index (χ3n) is 3.07. The van der Waals surface area contributed by atoms with Gasteiger partial charge in [0.1, 0.15) is 5.82 Å². The number of hydrogen-bond donors (Lipinski definition) is 3. The standard InChI is InChI=1S/C13H14N6O2/c1-8-15-11(18-17-8)12(20)16-9-3-2-4-10(7-9)19-6-5-14-13(19)21/h2-4,7H,5-6H2,1H3,(H,14,21)(H,16,20)(H,15,17,18). The monoisotopic (exact) mass is 286 g/mol. The molecule has 1 aromatic carbocycles. The van der Waals surface area contributed by atoms with Crippen molar-refractivity contribution in [1.29, 1.82) is 0 Å². The minimum atomic E-state index is -0.401. The molecule has 3 rings (SSSR count). The summed E-state index contributed by atoms with van der Waals surface area (Å²) in [7, 11) is 0. The number of H-pyrrole nitrogens is 1. The number of carbonyl (C=O) groups excluding carboxylic acids is 2. The second-order valence-electron chi connectivity index (χ2n) is 4.63. The van der Waals surface area contributed by atoms with Crippen LogP contribution < -0.4 is 15.5 Å². The lowest BCUT2D eigenvalue weighted by Gasteiger charge is -2.15. The van der Waals surface area contributed by atoms with Crippen molar-refractivity contribution in [3.05, 3.63) is 35.9 Å². The van der Waals surface area contributed by atoms with E-state index in [0.29, 0.717) is 24.6 Å². The number of urea groups is 1. The molecule has 0 bridgehead atoms. The molecule has 0 atom stereocenters. The molecule has 21 heavy (non-hydrogen) atoms. The minimum absolute atomic E-state index is 0.0804. The number of carbonyl (C=O) groups is 2. The Morgan fingerprint density at radius 3 is 2.95 bits per heavy atom. The number of anilines is 2. The van der Waals surface area contributed by atoms with Crippen molar-refractivity contribution in [2.75, 3.05) is 23.3 Å². The zero-order valence-corrected chi connectivity index (χ0v) is 11.4. The van der Waals surface area contributed by atoms with E-state index in [1.54, 1.807) is 30.0 Å². The largest absolute Gasteiger partial charge is 0.336 e. The van der Waals surface area contributed by atoms with Crippen LogP contribution in [-0.2, 0) is 0 Å². The molecule has 1 aliphatic heterocycles. The molecule has 0 saturated carbocycles. The molecule has 1 aromatic heterocycles. The fourth-order valence-electron chi connectivity index (χ4n) is 2.10. The van der Waals surface area contributed by atoms with Gasteiger partial charge in [0, 0.05) is 24.5 Å². The van der Waals surface area contributed by atoms with Gasteiger partial charge in [0.05, 0.1) is 0 Å². The highest BCUT2D eigenvalue weighted by Gasteiger charge is 2.21. The number of rotatable bonds is 3. The molecule has 0 unspecified atom stereocenters. The van der Waals surface area contributed by atoms with Crippen molar-refractivity contribution in [3.8, 4) is 0 Å². The van der Waals surface area contributed by atoms with Crippen LogP contribution in [0.1, 0.15) is 16.4 Å². The van der Waals surface area contributed by atoms with E-state index in [0.717, 1.165) is 5.69 Å². The van der Waals surface area contributed by atoms with Gasteiger partial charge in [-0.1, -0.05) is 6.07 Å². The van der Waals surface area contributed by atoms with Crippen LogP contribution >= 0.6 is 0 Å². The maximum atomic E-state index is 12.0. The molecule has 0 radical (unpaired) electrons. The van der Waals surface area contributed by atoms with Gasteiger partial charge in [-0.05, 0) is 25.1 Å². The van der Waals surface area contributed by atoms with Gasteiger partial charge in [-0.2, -0.15) is 0 Å². The number of benzene rings is 1. The van der Waals surface area contributed by atoms with E-state index in [1.165, 1.54) is 0 Å². The summed E-state index contributed by atoms with van der Waals surface area (Å²) in [5.41, 5.74) is 1.31. The van der Waals surface area contributed by atoms with Gasteiger partial charge in [0.15, 0.2) is 0 Å². The molecule has 2 heterocycles. The second-order valence-corrected chi connectivity index (χ2v) is 4.63. The number of aromatic nitrogens is 3. The van der Waals surface area contributed by atoms with E-state index in [-0.39, 0.29) is 11.9 Å². The first-order chi connectivity index (χ1) is 10.1. The molecular formula is C13H14N6O2. The number of aryl methyl sites for hydroxylation is 1. The molecule has 1 aliphatic rings. The van der Waals surface area contributed by atoms with Crippen molar-refractivity contribution in [2.45, 2.75) is 6.92 Å². The first kappa shape index (κ1) is 13.1. The summed E-state index contributed by atoms with van der Waals surface area (Å²) < 4.78 is 0. The van der Waals surface area contributed by atoms with Gasteiger partial charge in [0.2, 0.25) is 5.82 Å². The predicted molar refractivity (Wildman–Crippen MR) is 76.3 cm³/mol. The van der Waals surface area contributed by atoms with Gasteiger partial charge < -0.3 is 10.6 Å². The van der Waals surface area contributed by atoms with Crippen LogP contribution in [-0.4, -0.2) is 40.2 Å². The van der Waals surface area contributed by atoms with Gasteiger partial charge in [-0.25, -0.2) is 9.78 Å². The van der Waals surface area contributed by atoms with Crippen LogP contribution in [0.2, 0.25) is 0 Å². The average Bonchev–Trinajstić information content (AvgIpc) is 3.08. The Morgan fingerprint density at radius 1 is 1.43 bits per heavy atom. The Balaban J connectivity index is 1.77. The molecule has 1 fully saturated rings. The van der Waals surface area contributed by atoms with Gasteiger partial charge in [-0.3, -0.25) is 14.8 Å². The average molecular weight is 286 g/mol. The van der Waals surface area contributed by atoms with Crippen LogP contribution in [0.4, 0.5) is 16.2 Å². The molecule has 8 nitrogen and oxygen atoms in total. The number of nitrogens with one attached hydrogen (secondary N) is 3. The first-order valence-corrected chi connectivity index (χ1v) is 6.49. The van der Waals surface area contributed by atoms with Crippen molar-refractivity contribution in [3.63, 3.8) is 0 Å². The van der Waals surface area contributed by atoms with E-state index in [1.807, 2.05) is 6.07 Å². The molecule has 2 aromatic rings. The van der Waals surface area contributed by atoms with Gasteiger partial charge >= 0.3 is 6.03 Å². The van der Waals surface area contributed by atoms with Crippen LogP contribution in [0.25, 0.3) is 0 Å². The Labute approximate surface area is 120 Å². The lowest BCUT2D eigenvalue weighted by atomic mass is 10.2. The van der Waals surface area contributed by atoms with Crippen LogP contribution in [0.5, 0.6) is 0 Å². The first-order valence-electron chi connectivity index (χ1n) is 6.49. The highest BCUT2D eigenvalue weighted by molar-refractivity contribution is 6.02. The van der Waals surface area contributed by atoms with E-state index in [2.05, 4.69) is 25.8 Å². The van der Waals surface area contributed by atoms with Gasteiger partial charge in [0.25, 0.3) is 5.91 Å². The summed E-state index contributed by atoms with van der Waals surface area (Å²) in [4.78, 5) is 29.2. The Hall–Kier alpha value is -2.90. The topological polar surface area (TPSA) is 103 Å². The van der Waals surface area contributed by atoms with Crippen molar-refractivity contribution in [1.82, 2.24) is 20.5 Å². The fraction of sp³-hybridized carbons (Fsp3) is 0.231. The SMILES string of the molecule is Cc1nc(C(=O)Nc2cccc(N3CCNC3=O)c2)n[nH]1. The summed E-state index contributed by atoms with van der Waals surface area (Å²) in [6, 6.07) is 6.94. The lowest BCUT2D eigenvalue weighted by molar-refractivity contribution is 0.101. The third-order valence-corrected chi connectivity index (χ3v) is 3.07. The van der Waals surface area contributed by atoms with Crippen molar-refractivity contribution in [2.24, 2.45) is 0 Å². The van der Waals surface area contributed by atoms with E-state index < -0.39 is 5.91 Å². The van der Waals surface area contributed by atoms with Crippen LogP contribution in [0, 0.1) is 6.92 Å². The fourth-order valence-corrected chi connectivity index (χ4v) is 2.10.